The van der Waals surface area contributed by atoms with Gasteiger partial charge in [0.2, 0.25) is 5.91 Å². The first-order valence-electron chi connectivity index (χ1n) is 9.55. The van der Waals surface area contributed by atoms with Crippen molar-refractivity contribution in [3.05, 3.63) is 66.0 Å². The van der Waals surface area contributed by atoms with Crippen LogP contribution in [-0.2, 0) is 11.3 Å². The van der Waals surface area contributed by atoms with E-state index in [1.165, 1.54) is 11.8 Å². The highest BCUT2D eigenvalue weighted by molar-refractivity contribution is 8.00. The molecule has 0 fully saturated rings. The molecular weight excluding hydrogens is 432 g/mol. The number of anilines is 2. The smallest absolute Gasteiger partial charge is 0.242 e. The van der Waals surface area contributed by atoms with Gasteiger partial charge in [0, 0.05) is 16.3 Å². The number of rotatable bonds is 5. The zero-order valence-corrected chi connectivity index (χ0v) is 18.6. The fraction of sp³-hybridized carbons (Fsp3) is 0.136. The summed E-state index contributed by atoms with van der Waals surface area (Å²) in [5.74, 6) is 1.17. The minimum absolute atomic E-state index is 0.0310. The third-order valence-corrected chi connectivity index (χ3v) is 7.73. The van der Waals surface area contributed by atoms with Gasteiger partial charge >= 0.3 is 0 Å². The van der Waals surface area contributed by atoms with E-state index in [1.54, 1.807) is 23.1 Å². The molecular formula is C22H18N4OS3. The molecule has 0 unspecified atom stereocenters. The number of benzene rings is 2. The highest BCUT2D eigenvalue weighted by atomic mass is 32.2. The summed E-state index contributed by atoms with van der Waals surface area (Å²) in [5.41, 5.74) is 1.87. The topological polar surface area (TPSA) is 51.0 Å². The lowest BCUT2D eigenvalue weighted by Gasteiger charge is -2.30. The van der Waals surface area contributed by atoms with Crippen LogP contribution in [0.3, 0.4) is 0 Å². The van der Waals surface area contributed by atoms with Crippen molar-refractivity contribution in [2.45, 2.75) is 28.4 Å². The van der Waals surface area contributed by atoms with E-state index in [9.17, 15) is 4.79 Å². The zero-order chi connectivity index (χ0) is 20.5. The molecule has 0 saturated heterocycles. The summed E-state index contributed by atoms with van der Waals surface area (Å²) < 4.78 is 2.07. The lowest BCUT2D eigenvalue weighted by molar-refractivity contribution is -0.115. The van der Waals surface area contributed by atoms with Crippen molar-refractivity contribution in [2.24, 2.45) is 0 Å². The molecule has 0 bridgehead atoms. The minimum atomic E-state index is 0.0310. The Hall–Kier alpha value is -2.55. The molecule has 8 heteroatoms. The summed E-state index contributed by atoms with van der Waals surface area (Å²) in [6.45, 7) is 2.82. The molecule has 150 valence electrons. The number of hydrogen-bond acceptors (Lipinski definition) is 6. The number of para-hydroxylation sites is 2. The lowest BCUT2D eigenvalue weighted by atomic mass is 10.2. The molecule has 0 atom stereocenters. The zero-order valence-electron chi connectivity index (χ0n) is 16.2. The molecule has 0 radical (unpaired) electrons. The van der Waals surface area contributed by atoms with Crippen molar-refractivity contribution in [1.29, 1.82) is 0 Å². The maximum Gasteiger partial charge on any atom is 0.242 e. The van der Waals surface area contributed by atoms with Crippen molar-refractivity contribution in [1.82, 2.24) is 14.8 Å². The Morgan fingerprint density at radius 2 is 1.67 bits per heavy atom. The van der Waals surface area contributed by atoms with Gasteiger partial charge in [0.05, 0.1) is 22.0 Å². The molecule has 0 spiro atoms. The Balaban J connectivity index is 1.42. The first-order valence-corrected chi connectivity index (χ1v) is 12.2. The summed E-state index contributed by atoms with van der Waals surface area (Å²) in [7, 11) is 0. The SMILES string of the molecule is CCn1c(SCC(=O)N2c3ccccc3Sc3ccccc32)nnc1-c1cccs1. The third-order valence-electron chi connectivity index (χ3n) is 4.78. The number of fused-ring (bicyclic) bond motifs is 2. The molecule has 0 N–H and O–H groups in total. The Morgan fingerprint density at radius 3 is 2.30 bits per heavy atom. The number of carbonyl (C=O) groups excluding carboxylic acids is 1. The van der Waals surface area contributed by atoms with Crippen molar-refractivity contribution in [2.75, 3.05) is 10.7 Å². The van der Waals surface area contributed by atoms with Crippen LogP contribution in [0.15, 0.2) is 81.0 Å². The minimum Gasteiger partial charge on any atom is -0.302 e. The van der Waals surface area contributed by atoms with Gasteiger partial charge < -0.3 is 4.57 Å². The van der Waals surface area contributed by atoms with Crippen LogP contribution in [-0.4, -0.2) is 26.4 Å². The van der Waals surface area contributed by atoms with Gasteiger partial charge in [-0.2, -0.15) is 0 Å². The maximum atomic E-state index is 13.4. The summed E-state index contributed by atoms with van der Waals surface area (Å²) in [4.78, 5) is 18.5. The van der Waals surface area contributed by atoms with Gasteiger partial charge in [0.15, 0.2) is 11.0 Å². The van der Waals surface area contributed by atoms with E-state index in [-0.39, 0.29) is 11.7 Å². The second kappa shape index (κ2) is 8.29. The second-order valence-electron chi connectivity index (χ2n) is 6.58. The van der Waals surface area contributed by atoms with E-state index in [0.29, 0.717) is 0 Å². The maximum absolute atomic E-state index is 13.4. The molecule has 5 rings (SSSR count). The third kappa shape index (κ3) is 3.45. The van der Waals surface area contributed by atoms with Crippen LogP contribution in [0.1, 0.15) is 6.92 Å². The van der Waals surface area contributed by atoms with Gasteiger partial charge in [0.1, 0.15) is 0 Å². The first kappa shape index (κ1) is 19.4. The monoisotopic (exact) mass is 450 g/mol. The normalized spacial score (nSPS) is 12.5. The van der Waals surface area contributed by atoms with E-state index < -0.39 is 0 Å². The molecule has 5 nitrogen and oxygen atoms in total. The fourth-order valence-corrected chi connectivity index (χ4v) is 6.06. The van der Waals surface area contributed by atoms with Crippen LogP contribution in [0, 0.1) is 0 Å². The van der Waals surface area contributed by atoms with E-state index in [2.05, 4.69) is 33.8 Å². The van der Waals surface area contributed by atoms with Crippen molar-refractivity contribution in [3.8, 4) is 10.7 Å². The molecule has 2 aromatic carbocycles. The van der Waals surface area contributed by atoms with Gasteiger partial charge in [-0.05, 0) is 42.6 Å². The molecule has 0 aliphatic carbocycles. The van der Waals surface area contributed by atoms with Crippen LogP contribution < -0.4 is 4.90 Å². The Labute approximate surface area is 187 Å². The van der Waals surface area contributed by atoms with E-state index in [0.717, 1.165) is 43.6 Å². The average Bonchev–Trinajstić information content (AvgIpc) is 3.45. The van der Waals surface area contributed by atoms with Crippen LogP contribution >= 0.6 is 34.9 Å². The standard InChI is InChI=1S/C22H18N4OS3/c1-2-25-21(19-12-7-13-28-19)23-24-22(25)29-14-20(27)26-15-8-3-5-10-17(15)30-18-11-6-4-9-16(18)26/h3-13H,2,14H2,1H3. The van der Waals surface area contributed by atoms with E-state index >= 15 is 0 Å². The van der Waals surface area contributed by atoms with E-state index in [4.69, 9.17) is 0 Å². The van der Waals surface area contributed by atoms with Gasteiger partial charge in [-0.3, -0.25) is 9.69 Å². The molecule has 4 aromatic rings. The van der Waals surface area contributed by atoms with Crippen molar-refractivity contribution < 1.29 is 4.79 Å². The summed E-state index contributed by atoms with van der Waals surface area (Å²) >= 11 is 4.78. The van der Waals surface area contributed by atoms with Crippen LogP contribution in [0.5, 0.6) is 0 Å². The Morgan fingerprint density at radius 1 is 0.967 bits per heavy atom. The predicted molar refractivity (Wildman–Crippen MR) is 124 cm³/mol. The predicted octanol–water partition coefficient (Wildman–Crippen LogP) is 5.95. The number of aromatic nitrogens is 3. The Kier molecular flexibility index (Phi) is 5.37. The number of amides is 1. The molecule has 0 saturated carbocycles. The van der Waals surface area contributed by atoms with Gasteiger partial charge in [-0.15, -0.1) is 21.5 Å². The highest BCUT2D eigenvalue weighted by Gasteiger charge is 2.28. The number of nitrogens with zero attached hydrogens (tertiary/aromatic N) is 4. The van der Waals surface area contributed by atoms with Crippen LogP contribution in [0.25, 0.3) is 10.7 Å². The second-order valence-corrected chi connectivity index (χ2v) is 9.56. The number of thiophene rings is 1. The fourth-order valence-electron chi connectivity index (χ4n) is 3.43. The quantitative estimate of drug-likeness (QED) is 0.352. The molecule has 1 amide bonds. The van der Waals surface area contributed by atoms with Crippen LogP contribution in [0.4, 0.5) is 11.4 Å². The molecule has 3 heterocycles. The van der Waals surface area contributed by atoms with Crippen LogP contribution in [0.2, 0.25) is 0 Å². The molecule has 1 aliphatic heterocycles. The summed E-state index contributed by atoms with van der Waals surface area (Å²) in [6.07, 6.45) is 0. The molecule has 1 aliphatic rings. The first-order chi connectivity index (χ1) is 14.8. The highest BCUT2D eigenvalue weighted by Crippen LogP contribution is 2.48. The average molecular weight is 451 g/mol. The summed E-state index contributed by atoms with van der Waals surface area (Å²) in [6, 6.07) is 20.1. The summed E-state index contributed by atoms with van der Waals surface area (Å²) in [5, 5.41) is 11.5. The van der Waals surface area contributed by atoms with Crippen molar-refractivity contribution >= 4 is 52.1 Å². The largest absolute Gasteiger partial charge is 0.302 e. The van der Waals surface area contributed by atoms with Gasteiger partial charge in [-0.1, -0.05) is 53.9 Å². The number of carbonyl (C=O) groups is 1. The van der Waals surface area contributed by atoms with Gasteiger partial charge in [-0.25, -0.2) is 0 Å². The molecule has 30 heavy (non-hydrogen) atoms. The lowest BCUT2D eigenvalue weighted by Crippen LogP contribution is -2.30. The number of thioether (sulfide) groups is 1. The Bertz CT molecular complexity index is 1160. The molecule has 2 aromatic heterocycles. The van der Waals surface area contributed by atoms with Crippen molar-refractivity contribution in [3.63, 3.8) is 0 Å². The van der Waals surface area contributed by atoms with E-state index in [1.807, 2.05) is 58.8 Å². The number of hydrogen-bond donors (Lipinski definition) is 0. The van der Waals surface area contributed by atoms with Gasteiger partial charge in [0.25, 0.3) is 0 Å².